The van der Waals surface area contributed by atoms with E-state index in [9.17, 15) is 19.5 Å². The van der Waals surface area contributed by atoms with Crippen LogP contribution in [0.5, 0.6) is 0 Å². The molecule has 2 amide bonds. The van der Waals surface area contributed by atoms with E-state index < -0.39 is 12.1 Å². The minimum Gasteiger partial charge on any atom is -0.481 e. The van der Waals surface area contributed by atoms with Gasteiger partial charge in [0.2, 0.25) is 5.91 Å². The van der Waals surface area contributed by atoms with Crippen molar-refractivity contribution in [1.29, 1.82) is 0 Å². The predicted octanol–water partition coefficient (Wildman–Crippen LogP) is 4.12. The molecule has 1 heterocycles. The molecular weight excluding hydrogens is 444 g/mol. The second-order valence-electron chi connectivity index (χ2n) is 10.1. The number of fused-ring (bicyclic) bond motifs is 4. The zero-order valence-electron chi connectivity index (χ0n) is 20.0. The molecule has 7 heteroatoms. The number of nitrogens with one attached hydrogen (secondary N) is 1. The van der Waals surface area contributed by atoms with Crippen molar-refractivity contribution in [3.8, 4) is 11.1 Å². The van der Waals surface area contributed by atoms with Gasteiger partial charge in [-0.3, -0.25) is 9.59 Å². The summed E-state index contributed by atoms with van der Waals surface area (Å²) in [6.07, 6.45) is 1.68. The Morgan fingerprint density at radius 1 is 1.06 bits per heavy atom. The number of rotatable bonds is 8. The minimum absolute atomic E-state index is 0.0297. The number of carbonyl (C=O) groups excluding carboxylic acids is 2. The summed E-state index contributed by atoms with van der Waals surface area (Å²) < 4.78 is 5.56. The van der Waals surface area contributed by atoms with Crippen LogP contribution in [0.3, 0.4) is 0 Å². The van der Waals surface area contributed by atoms with Gasteiger partial charge in [-0.25, -0.2) is 4.79 Å². The first kappa shape index (κ1) is 23.4. The summed E-state index contributed by atoms with van der Waals surface area (Å²) in [6, 6.07) is 16.5. The lowest BCUT2D eigenvalue weighted by molar-refractivity contribution is -0.140. The van der Waals surface area contributed by atoms with Crippen molar-refractivity contribution in [1.82, 2.24) is 10.2 Å². The number of piperidine rings is 1. The van der Waals surface area contributed by atoms with Gasteiger partial charge < -0.3 is 20.1 Å². The molecule has 0 radical (unpaired) electrons. The smallest absolute Gasteiger partial charge is 0.407 e. The molecule has 1 saturated carbocycles. The number of hydrogen-bond acceptors (Lipinski definition) is 4. The Kier molecular flexibility index (Phi) is 6.50. The lowest BCUT2D eigenvalue weighted by Crippen LogP contribution is -2.40. The summed E-state index contributed by atoms with van der Waals surface area (Å²) >= 11 is 0. The molecule has 1 aliphatic heterocycles. The highest BCUT2D eigenvalue weighted by molar-refractivity contribution is 5.80. The first-order chi connectivity index (χ1) is 17.0. The standard InChI is InChI=1S/C28H32N2O5/c1-17(26(31)30-14-12-22-23(15-30)25(22)27(32)33)7-6-13-29-28(34)35-16-24-20-10-4-2-8-18(20)19-9-3-5-11-21(19)24/h2-5,8-11,17,22-25H,6-7,12-16H2,1H3,(H,29,34)(H,32,33)/t17?,22-,23+,25?/m1/s1. The summed E-state index contributed by atoms with van der Waals surface area (Å²) in [7, 11) is 0. The molecule has 0 bridgehead atoms. The topological polar surface area (TPSA) is 95.9 Å². The summed E-state index contributed by atoms with van der Waals surface area (Å²) in [5.41, 5.74) is 4.75. The van der Waals surface area contributed by atoms with Gasteiger partial charge in [-0.15, -0.1) is 0 Å². The predicted molar refractivity (Wildman–Crippen MR) is 131 cm³/mol. The summed E-state index contributed by atoms with van der Waals surface area (Å²) in [6.45, 7) is 3.83. The average Bonchev–Trinajstić information content (AvgIpc) is 3.52. The molecule has 2 unspecified atom stereocenters. The maximum absolute atomic E-state index is 12.8. The summed E-state index contributed by atoms with van der Waals surface area (Å²) in [4.78, 5) is 38.2. The van der Waals surface area contributed by atoms with Gasteiger partial charge in [-0.1, -0.05) is 55.5 Å². The SMILES string of the molecule is CC(CCCNC(=O)OCC1c2ccccc2-c2ccccc21)C(=O)N1CC[C@H]2C(C(=O)O)[C@H]2C1. The lowest BCUT2D eigenvalue weighted by Gasteiger charge is -2.29. The molecule has 2 aromatic carbocycles. The fourth-order valence-corrected chi connectivity index (χ4v) is 5.99. The Hall–Kier alpha value is -3.35. The van der Waals surface area contributed by atoms with E-state index in [0.717, 1.165) is 6.42 Å². The largest absolute Gasteiger partial charge is 0.481 e. The zero-order valence-corrected chi connectivity index (χ0v) is 20.0. The highest BCUT2D eigenvalue weighted by atomic mass is 16.5. The molecule has 1 saturated heterocycles. The van der Waals surface area contributed by atoms with Gasteiger partial charge in [0.05, 0.1) is 5.92 Å². The highest BCUT2D eigenvalue weighted by Gasteiger charge is 2.57. The third kappa shape index (κ3) is 4.64. The lowest BCUT2D eigenvalue weighted by atomic mass is 9.98. The minimum atomic E-state index is -0.735. The van der Waals surface area contributed by atoms with Crippen LogP contribution in [0.4, 0.5) is 4.79 Å². The number of carboxylic acids is 1. The molecule has 3 aliphatic rings. The molecule has 2 fully saturated rings. The van der Waals surface area contributed by atoms with E-state index in [2.05, 4.69) is 29.6 Å². The molecule has 2 N–H and O–H groups in total. The van der Waals surface area contributed by atoms with Crippen LogP contribution in [0, 0.1) is 23.7 Å². The number of hydrogen-bond donors (Lipinski definition) is 2. The van der Waals surface area contributed by atoms with Crippen molar-refractivity contribution in [2.75, 3.05) is 26.2 Å². The highest BCUT2D eigenvalue weighted by Crippen LogP contribution is 2.51. The molecule has 0 spiro atoms. The Morgan fingerprint density at radius 2 is 1.71 bits per heavy atom. The average molecular weight is 477 g/mol. The Balaban J connectivity index is 1.04. The van der Waals surface area contributed by atoms with Crippen molar-refractivity contribution in [3.05, 3.63) is 59.7 Å². The van der Waals surface area contributed by atoms with Crippen LogP contribution in [0.2, 0.25) is 0 Å². The molecule has 5 rings (SSSR count). The number of likely N-dealkylation sites (tertiary alicyclic amines) is 1. The van der Waals surface area contributed by atoms with Crippen LogP contribution in [0.15, 0.2) is 48.5 Å². The van der Waals surface area contributed by atoms with E-state index in [0.29, 0.717) is 32.5 Å². The van der Waals surface area contributed by atoms with E-state index in [4.69, 9.17) is 4.74 Å². The summed E-state index contributed by atoms with van der Waals surface area (Å²) in [5.74, 6) is -0.687. The van der Waals surface area contributed by atoms with Crippen molar-refractivity contribution >= 4 is 18.0 Å². The van der Waals surface area contributed by atoms with Crippen molar-refractivity contribution in [2.45, 2.75) is 32.1 Å². The third-order valence-electron chi connectivity index (χ3n) is 7.94. The normalized spacial score (nSPS) is 23.0. The van der Waals surface area contributed by atoms with Gasteiger partial charge in [-0.2, -0.15) is 0 Å². The van der Waals surface area contributed by atoms with Crippen LogP contribution in [-0.2, 0) is 14.3 Å². The molecule has 2 aromatic rings. The third-order valence-corrected chi connectivity index (χ3v) is 7.94. The van der Waals surface area contributed by atoms with Crippen molar-refractivity contribution in [3.63, 3.8) is 0 Å². The first-order valence-corrected chi connectivity index (χ1v) is 12.6. The second-order valence-corrected chi connectivity index (χ2v) is 10.1. The van der Waals surface area contributed by atoms with Crippen LogP contribution >= 0.6 is 0 Å². The quantitative estimate of drug-likeness (QED) is 0.559. The van der Waals surface area contributed by atoms with E-state index in [1.165, 1.54) is 22.3 Å². The molecular formula is C28H32N2O5. The Bertz CT molecular complexity index is 1090. The molecule has 7 nitrogen and oxygen atoms in total. The van der Waals surface area contributed by atoms with Gasteiger partial charge in [0, 0.05) is 31.5 Å². The number of ether oxygens (including phenoxy) is 1. The molecule has 35 heavy (non-hydrogen) atoms. The van der Waals surface area contributed by atoms with Gasteiger partial charge in [0.25, 0.3) is 0 Å². The number of aliphatic carboxylic acids is 1. The zero-order chi connectivity index (χ0) is 24.5. The van der Waals surface area contributed by atoms with Crippen LogP contribution in [0.1, 0.15) is 43.2 Å². The number of amides is 2. The van der Waals surface area contributed by atoms with Crippen LogP contribution < -0.4 is 5.32 Å². The van der Waals surface area contributed by atoms with E-state index in [1.807, 2.05) is 36.1 Å². The molecule has 0 aromatic heterocycles. The van der Waals surface area contributed by atoms with E-state index in [1.54, 1.807) is 0 Å². The van der Waals surface area contributed by atoms with Gasteiger partial charge >= 0.3 is 12.1 Å². The monoisotopic (exact) mass is 476 g/mol. The Morgan fingerprint density at radius 3 is 2.37 bits per heavy atom. The van der Waals surface area contributed by atoms with Gasteiger partial charge in [0.15, 0.2) is 0 Å². The number of alkyl carbamates (subject to hydrolysis) is 1. The van der Waals surface area contributed by atoms with Crippen LogP contribution in [0.25, 0.3) is 11.1 Å². The molecule has 2 aliphatic carbocycles. The number of benzene rings is 2. The summed E-state index contributed by atoms with van der Waals surface area (Å²) in [5, 5.41) is 12.1. The van der Waals surface area contributed by atoms with E-state index >= 15 is 0 Å². The van der Waals surface area contributed by atoms with Gasteiger partial charge in [0.1, 0.15) is 6.61 Å². The Labute approximate surface area is 205 Å². The van der Waals surface area contributed by atoms with Gasteiger partial charge in [-0.05, 0) is 53.4 Å². The fourth-order valence-electron chi connectivity index (χ4n) is 5.99. The number of carboxylic acid groups (broad SMARTS) is 1. The number of carbonyl (C=O) groups is 3. The first-order valence-electron chi connectivity index (χ1n) is 12.6. The molecule has 4 atom stereocenters. The maximum atomic E-state index is 12.8. The molecule has 184 valence electrons. The maximum Gasteiger partial charge on any atom is 0.407 e. The van der Waals surface area contributed by atoms with Crippen molar-refractivity contribution < 1.29 is 24.2 Å². The van der Waals surface area contributed by atoms with E-state index in [-0.39, 0.29) is 42.1 Å². The second kappa shape index (κ2) is 9.72. The number of nitrogens with zero attached hydrogens (tertiary/aromatic N) is 1. The van der Waals surface area contributed by atoms with Crippen LogP contribution in [-0.4, -0.2) is 54.2 Å². The fraction of sp³-hybridized carbons (Fsp3) is 0.464. The van der Waals surface area contributed by atoms with Crippen molar-refractivity contribution in [2.24, 2.45) is 23.7 Å².